The fraction of sp³-hybridized carbons (Fsp3) is 0.889. The number of nitriles is 1. The summed E-state index contributed by atoms with van der Waals surface area (Å²) in [6.45, 7) is 0. The number of halogens is 10. The Morgan fingerprint density at radius 1 is 0.810 bits per heavy atom. The van der Waals surface area contributed by atoms with Gasteiger partial charge in [0.05, 0.1) is 6.42 Å². The fourth-order valence-electron chi connectivity index (χ4n) is 1.09. The molecule has 0 heterocycles. The van der Waals surface area contributed by atoms with Crippen LogP contribution in [0.1, 0.15) is 19.3 Å². The zero-order chi connectivity index (χ0) is 17.1. The van der Waals surface area contributed by atoms with Gasteiger partial charge in [-0.15, -0.1) is 0 Å². The minimum absolute atomic E-state index is 0.400. The molecular weight excluding hydrogens is 344 g/mol. The van der Waals surface area contributed by atoms with E-state index in [2.05, 4.69) is 0 Å². The monoisotopic (exact) mass is 351 g/mol. The average Bonchev–Trinajstić information content (AvgIpc) is 2.24. The van der Waals surface area contributed by atoms with Gasteiger partial charge in [0.1, 0.15) is 5.40 Å². The van der Waals surface area contributed by atoms with Crippen LogP contribution in [-0.4, -0.2) is 29.4 Å². The smallest absolute Gasteiger partial charge is 0.234 e. The molecule has 0 aliphatic heterocycles. The highest BCUT2D eigenvalue weighted by atomic mass is 32.2. The van der Waals surface area contributed by atoms with E-state index in [1.54, 1.807) is 0 Å². The number of thioether (sulfide) groups is 1. The summed E-state index contributed by atoms with van der Waals surface area (Å²) >= 11 is -0.400. The highest BCUT2D eigenvalue weighted by Gasteiger charge is 2.62. The summed E-state index contributed by atoms with van der Waals surface area (Å²) in [4.78, 5) is 0. The number of nitrogens with zero attached hydrogens (tertiary/aromatic N) is 1. The highest BCUT2D eigenvalue weighted by molar-refractivity contribution is 8.04. The summed E-state index contributed by atoms with van der Waals surface area (Å²) in [5.74, 6) is -16.0. The van der Waals surface area contributed by atoms with E-state index in [-0.39, 0.29) is 0 Å². The van der Waals surface area contributed by atoms with Gasteiger partial charge in [0, 0.05) is 12.8 Å². The van der Waals surface area contributed by atoms with Crippen molar-refractivity contribution in [1.29, 1.82) is 5.26 Å². The van der Waals surface area contributed by atoms with E-state index >= 15 is 0 Å². The van der Waals surface area contributed by atoms with Crippen molar-refractivity contribution in [3.8, 4) is 5.40 Å². The Labute approximate surface area is 116 Å². The fourth-order valence-corrected chi connectivity index (χ4v) is 1.50. The van der Waals surface area contributed by atoms with E-state index in [9.17, 15) is 43.9 Å². The summed E-state index contributed by atoms with van der Waals surface area (Å²) in [6.07, 6.45) is -13.4. The quantitative estimate of drug-likeness (QED) is 0.469. The molecule has 0 radical (unpaired) electrons. The minimum atomic E-state index is -6.16. The summed E-state index contributed by atoms with van der Waals surface area (Å²) in [6, 6.07) is 0. The lowest BCUT2D eigenvalue weighted by atomic mass is 10.0. The molecule has 0 bridgehead atoms. The van der Waals surface area contributed by atoms with Gasteiger partial charge in [-0.2, -0.15) is 44.8 Å². The van der Waals surface area contributed by atoms with Crippen LogP contribution in [-0.2, 0) is 0 Å². The second kappa shape index (κ2) is 6.50. The van der Waals surface area contributed by atoms with Gasteiger partial charge < -0.3 is 0 Å². The van der Waals surface area contributed by atoms with Gasteiger partial charge in [0.25, 0.3) is 0 Å². The van der Waals surface area contributed by atoms with E-state index in [1.165, 1.54) is 0 Å². The lowest BCUT2D eigenvalue weighted by molar-refractivity contribution is -0.294. The first-order valence-corrected chi connectivity index (χ1v) is 5.93. The van der Waals surface area contributed by atoms with E-state index in [0.29, 0.717) is 0 Å². The van der Waals surface area contributed by atoms with Gasteiger partial charge in [-0.25, -0.2) is 4.39 Å². The van der Waals surface area contributed by atoms with Crippen LogP contribution in [0.2, 0.25) is 0 Å². The van der Waals surface area contributed by atoms with Gasteiger partial charge in [0.15, 0.2) is 5.50 Å². The standard InChI is InChI=1S/C9H7F10NS/c10-5(21-4-20)3-8(15,16)6(11,12)1-2-7(13,14)9(17,18)19/h5H,1-3H2. The maximum atomic E-state index is 13.0. The van der Waals surface area contributed by atoms with Gasteiger partial charge in [-0.3, -0.25) is 0 Å². The van der Waals surface area contributed by atoms with Crippen molar-refractivity contribution in [3.05, 3.63) is 0 Å². The molecule has 0 rings (SSSR count). The van der Waals surface area contributed by atoms with E-state index < -0.39 is 60.5 Å². The van der Waals surface area contributed by atoms with Crippen LogP contribution in [0.25, 0.3) is 0 Å². The predicted octanol–water partition coefficient (Wildman–Crippen LogP) is 5.13. The first-order valence-electron chi connectivity index (χ1n) is 5.05. The molecule has 1 unspecified atom stereocenters. The van der Waals surface area contributed by atoms with Crippen molar-refractivity contribution in [2.75, 3.05) is 0 Å². The molecule has 0 saturated carbocycles. The lowest BCUT2D eigenvalue weighted by Gasteiger charge is -2.29. The molecule has 12 heteroatoms. The Morgan fingerprint density at radius 3 is 1.62 bits per heavy atom. The second-order valence-electron chi connectivity index (χ2n) is 3.93. The summed E-state index contributed by atoms with van der Waals surface area (Å²) < 4.78 is 125. The molecule has 0 saturated heterocycles. The molecule has 0 aromatic carbocycles. The Bertz CT molecular complexity index is 385. The molecule has 1 nitrogen and oxygen atoms in total. The van der Waals surface area contributed by atoms with Crippen molar-refractivity contribution in [2.45, 2.75) is 48.7 Å². The average molecular weight is 351 g/mol. The molecule has 0 aliphatic carbocycles. The van der Waals surface area contributed by atoms with E-state index in [1.807, 2.05) is 0 Å². The lowest BCUT2D eigenvalue weighted by Crippen LogP contribution is -2.45. The number of rotatable bonds is 7. The minimum Gasteiger partial charge on any atom is -0.234 e. The molecule has 0 fully saturated rings. The molecule has 0 aromatic heterocycles. The van der Waals surface area contributed by atoms with Crippen LogP contribution in [0.15, 0.2) is 0 Å². The molecular formula is C9H7F10NS. The van der Waals surface area contributed by atoms with Crippen molar-refractivity contribution >= 4 is 11.8 Å². The third-order valence-corrected chi connectivity index (χ3v) is 2.83. The number of hydrogen-bond donors (Lipinski definition) is 0. The van der Waals surface area contributed by atoms with Crippen LogP contribution in [0.3, 0.4) is 0 Å². The van der Waals surface area contributed by atoms with E-state index in [4.69, 9.17) is 5.26 Å². The zero-order valence-corrected chi connectivity index (χ0v) is 10.7. The number of hydrogen-bond acceptors (Lipinski definition) is 2. The Balaban J connectivity index is 4.86. The number of thiocyanates is 1. The molecule has 0 amide bonds. The maximum Gasteiger partial charge on any atom is 0.453 e. The molecule has 1 atom stereocenters. The van der Waals surface area contributed by atoms with Crippen LogP contribution in [0.4, 0.5) is 43.9 Å². The molecule has 0 aliphatic rings. The van der Waals surface area contributed by atoms with Crippen molar-refractivity contribution in [1.82, 2.24) is 0 Å². The van der Waals surface area contributed by atoms with Crippen LogP contribution in [0.5, 0.6) is 0 Å². The Morgan fingerprint density at radius 2 is 1.24 bits per heavy atom. The van der Waals surface area contributed by atoms with E-state index in [0.717, 1.165) is 5.40 Å². The van der Waals surface area contributed by atoms with Crippen LogP contribution < -0.4 is 0 Å². The first kappa shape index (κ1) is 20.1. The van der Waals surface area contributed by atoms with Gasteiger partial charge in [0.2, 0.25) is 0 Å². The van der Waals surface area contributed by atoms with Crippen molar-refractivity contribution in [2.24, 2.45) is 0 Å². The molecule has 124 valence electrons. The molecule has 0 spiro atoms. The van der Waals surface area contributed by atoms with Gasteiger partial charge >= 0.3 is 23.9 Å². The van der Waals surface area contributed by atoms with Crippen LogP contribution in [0, 0.1) is 10.7 Å². The van der Waals surface area contributed by atoms with Crippen molar-refractivity contribution < 1.29 is 43.9 Å². The van der Waals surface area contributed by atoms with Crippen molar-refractivity contribution in [3.63, 3.8) is 0 Å². The van der Waals surface area contributed by atoms with Gasteiger partial charge in [-0.05, 0) is 11.8 Å². The Hall–Kier alpha value is -0.860. The SMILES string of the molecule is N#CSC(F)CC(F)(F)C(F)(F)CCC(F)(F)C(F)(F)F. The molecule has 0 N–H and O–H groups in total. The third-order valence-electron chi connectivity index (χ3n) is 2.30. The van der Waals surface area contributed by atoms with Crippen LogP contribution >= 0.6 is 11.8 Å². The molecule has 21 heavy (non-hydrogen) atoms. The number of alkyl halides is 10. The third kappa shape index (κ3) is 5.44. The normalized spacial score (nSPS) is 15.7. The first-order chi connectivity index (χ1) is 9.16. The second-order valence-corrected chi connectivity index (χ2v) is 4.86. The predicted molar refractivity (Wildman–Crippen MR) is 52.8 cm³/mol. The Kier molecular flexibility index (Phi) is 6.23. The zero-order valence-electron chi connectivity index (χ0n) is 9.83. The summed E-state index contributed by atoms with van der Waals surface area (Å²) in [5, 5.41) is 8.96. The van der Waals surface area contributed by atoms with Gasteiger partial charge in [-0.1, -0.05) is 0 Å². The summed E-state index contributed by atoms with van der Waals surface area (Å²) in [7, 11) is 0. The summed E-state index contributed by atoms with van der Waals surface area (Å²) in [5.41, 5.74) is -2.74. The molecule has 0 aromatic rings. The maximum absolute atomic E-state index is 13.0. The highest BCUT2D eigenvalue weighted by Crippen LogP contribution is 2.46. The topological polar surface area (TPSA) is 23.8 Å². The largest absolute Gasteiger partial charge is 0.453 e.